The summed E-state index contributed by atoms with van der Waals surface area (Å²) in [5, 5.41) is 8.11. The van der Waals surface area contributed by atoms with E-state index in [0.29, 0.717) is 26.6 Å². The Hall–Kier alpha value is -3.46. The molecule has 2 N–H and O–H groups in total. The van der Waals surface area contributed by atoms with Crippen LogP contribution in [0.4, 0.5) is 9.39 Å². The van der Waals surface area contributed by atoms with Gasteiger partial charge in [0.2, 0.25) is 0 Å². The predicted molar refractivity (Wildman–Crippen MR) is 134 cm³/mol. The standard InChI is InChI=1S/C25H16ClFN2O3S2/c26-21-20-17(27)9-4-10-18(20)34-22(21)24(31)29-25-19(23(30)28-12-15-8-5-11-32-15)16(13-33-25)14-6-2-1-3-7-14/h1-11,13H,12H2,(H,28,30)(H,29,31). The molecule has 0 bridgehead atoms. The van der Waals surface area contributed by atoms with E-state index in [0.717, 1.165) is 16.9 Å². The van der Waals surface area contributed by atoms with E-state index in [1.165, 1.54) is 23.7 Å². The quantitative estimate of drug-likeness (QED) is 0.254. The minimum absolute atomic E-state index is 0.0549. The van der Waals surface area contributed by atoms with Gasteiger partial charge in [-0.15, -0.1) is 22.7 Å². The highest BCUT2D eigenvalue weighted by atomic mass is 35.5. The number of carbonyl (C=O) groups is 2. The molecule has 2 aromatic carbocycles. The molecule has 0 aliphatic heterocycles. The van der Waals surface area contributed by atoms with E-state index in [4.69, 9.17) is 16.0 Å². The van der Waals surface area contributed by atoms with Crippen molar-refractivity contribution < 1.29 is 18.4 Å². The third-order valence-corrected chi connectivity index (χ3v) is 7.68. The largest absolute Gasteiger partial charge is 0.467 e. The van der Waals surface area contributed by atoms with Crippen molar-refractivity contribution in [3.8, 4) is 11.1 Å². The number of halogens is 2. The van der Waals surface area contributed by atoms with Gasteiger partial charge in [0, 0.05) is 21.0 Å². The van der Waals surface area contributed by atoms with Gasteiger partial charge in [0.05, 0.1) is 23.4 Å². The molecule has 5 aromatic rings. The molecule has 0 radical (unpaired) electrons. The fraction of sp³-hybridized carbons (Fsp3) is 0.0400. The first-order chi connectivity index (χ1) is 16.5. The summed E-state index contributed by atoms with van der Waals surface area (Å²) in [4.78, 5) is 26.5. The number of hydrogen-bond acceptors (Lipinski definition) is 5. The molecule has 0 unspecified atom stereocenters. The van der Waals surface area contributed by atoms with Crippen LogP contribution in [0.1, 0.15) is 25.8 Å². The molecule has 170 valence electrons. The van der Waals surface area contributed by atoms with Gasteiger partial charge in [-0.2, -0.15) is 0 Å². The number of anilines is 1. The van der Waals surface area contributed by atoms with Gasteiger partial charge in [-0.3, -0.25) is 9.59 Å². The molecule has 0 aliphatic rings. The van der Waals surface area contributed by atoms with Crippen LogP contribution in [0.2, 0.25) is 5.02 Å². The molecule has 3 heterocycles. The molecule has 0 saturated carbocycles. The number of hydrogen-bond donors (Lipinski definition) is 2. The number of benzene rings is 2. The van der Waals surface area contributed by atoms with Crippen LogP contribution in [0.5, 0.6) is 0 Å². The van der Waals surface area contributed by atoms with Crippen molar-refractivity contribution in [2.75, 3.05) is 5.32 Å². The maximum absolute atomic E-state index is 14.2. The second-order valence-electron chi connectivity index (χ2n) is 7.29. The zero-order valence-corrected chi connectivity index (χ0v) is 19.8. The van der Waals surface area contributed by atoms with Crippen molar-refractivity contribution in [3.05, 3.63) is 99.3 Å². The molecule has 3 aromatic heterocycles. The highest BCUT2D eigenvalue weighted by Crippen LogP contribution is 2.39. The lowest BCUT2D eigenvalue weighted by atomic mass is 10.0. The number of fused-ring (bicyclic) bond motifs is 1. The van der Waals surface area contributed by atoms with E-state index < -0.39 is 11.7 Å². The first-order valence-electron chi connectivity index (χ1n) is 10.2. The Labute approximate surface area is 206 Å². The van der Waals surface area contributed by atoms with Gasteiger partial charge in [-0.1, -0.05) is 48.0 Å². The number of nitrogens with one attached hydrogen (secondary N) is 2. The molecule has 0 fully saturated rings. The average Bonchev–Trinajstić information content (AvgIpc) is 3.58. The normalized spacial score (nSPS) is 11.0. The Morgan fingerprint density at radius 3 is 2.56 bits per heavy atom. The minimum atomic E-state index is -0.507. The molecular formula is C25H16ClFN2O3S2. The summed E-state index contributed by atoms with van der Waals surface area (Å²) in [5.41, 5.74) is 1.86. The summed E-state index contributed by atoms with van der Waals surface area (Å²) >= 11 is 8.69. The van der Waals surface area contributed by atoms with Crippen molar-refractivity contribution in [2.45, 2.75) is 6.54 Å². The van der Waals surface area contributed by atoms with E-state index in [1.807, 2.05) is 35.7 Å². The Morgan fingerprint density at radius 2 is 1.82 bits per heavy atom. The fourth-order valence-corrected chi connectivity index (χ4v) is 5.97. The molecule has 5 nitrogen and oxygen atoms in total. The van der Waals surface area contributed by atoms with Gasteiger partial charge in [0.1, 0.15) is 21.5 Å². The molecule has 9 heteroatoms. The van der Waals surface area contributed by atoms with E-state index in [-0.39, 0.29) is 27.7 Å². The van der Waals surface area contributed by atoms with Gasteiger partial charge >= 0.3 is 0 Å². The maximum Gasteiger partial charge on any atom is 0.267 e. The minimum Gasteiger partial charge on any atom is -0.467 e. The van der Waals surface area contributed by atoms with Gasteiger partial charge in [0.15, 0.2) is 0 Å². The highest BCUT2D eigenvalue weighted by molar-refractivity contribution is 7.22. The van der Waals surface area contributed by atoms with Crippen molar-refractivity contribution in [2.24, 2.45) is 0 Å². The van der Waals surface area contributed by atoms with E-state index >= 15 is 0 Å². The smallest absolute Gasteiger partial charge is 0.267 e. The van der Waals surface area contributed by atoms with Crippen LogP contribution in [-0.2, 0) is 6.54 Å². The molecule has 0 aliphatic carbocycles. The van der Waals surface area contributed by atoms with Crippen molar-refractivity contribution in [1.29, 1.82) is 0 Å². The molecule has 0 atom stereocenters. The second kappa shape index (κ2) is 9.42. The Morgan fingerprint density at radius 1 is 1.00 bits per heavy atom. The van der Waals surface area contributed by atoms with Gasteiger partial charge in [-0.25, -0.2) is 4.39 Å². The van der Waals surface area contributed by atoms with E-state index in [1.54, 1.807) is 24.3 Å². The van der Waals surface area contributed by atoms with Crippen LogP contribution < -0.4 is 10.6 Å². The van der Waals surface area contributed by atoms with Crippen LogP contribution in [0.3, 0.4) is 0 Å². The molecule has 34 heavy (non-hydrogen) atoms. The van der Waals surface area contributed by atoms with Crippen molar-refractivity contribution in [3.63, 3.8) is 0 Å². The average molecular weight is 511 g/mol. The summed E-state index contributed by atoms with van der Waals surface area (Å²) in [5.74, 6) is -0.750. The third kappa shape index (κ3) is 4.23. The van der Waals surface area contributed by atoms with Gasteiger partial charge < -0.3 is 15.1 Å². The molecular weight excluding hydrogens is 495 g/mol. The number of amides is 2. The SMILES string of the molecule is O=C(Nc1scc(-c2ccccc2)c1C(=O)NCc1ccco1)c1sc2cccc(F)c2c1Cl. The number of furan rings is 1. The third-order valence-electron chi connectivity index (χ3n) is 5.15. The summed E-state index contributed by atoms with van der Waals surface area (Å²) in [7, 11) is 0. The van der Waals surface area contributed by atoms with Gasteiger partial charge in [-0.05, 0) is 29.8 Å². The van der Waals surface area contributed by atoms with Crippen LogP contribution in [0.25, 0.3) is 21.2 Å². The topological polar surface area (TPSA) is 71.3 Å². The molecule has 0 saturated heterocycles. The van der Waals surface area contributed by atoms with Crippen molar-refractivity contribution >= 4 is 61.2 Å². The number of carbonyl (C=O) groups excluding carboxylic acids is 2. The Balaban J connectivity index is 1.49. The zero-order chi connectivity index (χ0) is 23.7. The lowest BCUT2D eigenvalue weighted by Gasteiger charge is -2.09. The fourth-order valence-electron chi connectivity index (χ4n) is 3.55. The van der Waals surface area contributed by atoms with E-state index in [2.05, 4.69) is 10.6 Å². The van der Waals surface area contributed by atoms with Gasteiger partial charge in [0.25, 0.3) is 11.8 Å². The molecule has 0 spiro atoms. The summed E-state index contributed by atoms with van der Waals surface area (Å²) in [6.45, 7) is 0.199. The lowest BCUT2D eigenvalue weighted by molar-refractivity contribution is 0.0950. The van der Waals surface area contributed by atoms with Crippen molar-refractivity contribution in [1.82, 2.24) is 5.32 Å². The molecule has 2 amide bonds. The van der Waals surface area contributed by atoms with Crippen LogP contribution in [-0.4, -0.2) is 11.8 Å². The highest BCUT2D eigenvalue weighted by Gasteiger charge is 2.25. The summed E-state index contributed by atoms with van der Waals surface area (Å²) in [6, 6.07) is 17.5. The van der Waals surface area contributed by atoms with E-state index in [9.17, 15) is 14.0 Å². The summed E-state index contributed by atoms with van der Waals surface area (Å²) in [6.07, 6.45) is 1.53. The monoisotopic (exact) mass is 510 g/mol. The lowest BCUT2D eigenvalue weighted by Crippen LogP contribution is -2.24. The van der Waals surface area contributed by atoms with Crippen LogP contribution in [0, 0.1) is 5.82 Å². The first-order valence-corrected chi connectivity index (χ1v) is 12.3. The number of rotatable bonds is 6. The maximum atomic E-state index is 14.2. The number of thiophene rings is 2. The summed E-state index contributed by atoms with van der Waals surface area (Å²) < 4.78 is 20.1. The Bertz CT molecular complexity index is 1490. The van der Waals surface area contributed by atoms with Crippen LogP contribution >= 0.6 is 34.3 Å². The molecule has 5 rings (SSSR count). The second-order valence-corrected chi connectivity index (χ2v) is 9.60. The zero-order valence-electron chi connectivity index (χ0n) is 17.4. The predicted octanol–water partition coefficient (Wildman–Crippen LogP) is 7.20. The first kappa shape index (κ1) is 22.3. The Kier molecular flexibility index (Phi) is 6.19. The van der Waals surface area contributed by atoms with Crippen LogP contribution in [0.15, 0.2) is 76.7 Å².